The van der Waals surface area contributed by atoms with Gasteiger partial charge in [0.25, 0.3) is 5.91 Å². The highest BCUT2D eigenvalue weighted by Gasteiger charge is 2.07. The molecule has 7 nitrogen and oxygen atoms in total. The fraction of sp³-hybridized carbons (Fsp3) is 0.167. The number of aliphatic hydroxyl groups is 1. The van der Waals surface area contributed by atoms with Crippen LogP contribution < -0.4 is 10.1 Å². The number of nitrogens with zero attached hydrogens (tertiary/aromatic N) is 2. The number of hydrogen-bond acceptors (Lipinski definition) is 6. The molecule has 26 heavy (non-hydrogen) atoms. The number of nitrogens with one attached hydrogen (secondary N) is 1. The molecule has 8 heteroatoms. The first-order chi connectivity index (χ1) is 12.7. The van der Waals surface area contributed by atoms with E-state index in [4.69, 9.17) is 9.84 Å². The molecule has 3 rings (SSSR count). The van der Waals surface area contributed by atoms with Crippen molar-refractivity contribution in [3.63, 3.8) is 0 Å². The van der Waals surface area contributed by atoms with E-state index in [1.807, 2.05) is 6.07 Å². The van der Waals surface area contributed by atoms with E-state index in [2.05, 4.69) is 20.0 Å². The smallest absolute Gasteiger partial charge is 0.251 e. The summed E-state index contributed by atoms with van der Waals surface area (Å²) >= 11 is 0. The molecule has 2 aromatic carbocycles. The number of ether oxygens (including phenoxy) is 1. The summed E-state index contributed by atoms with van der Waals surface area (Å²) in [7, 11) is 1.41. The minimum absolute atomic E-state index is 0.0292. The third kappa shape index (κ3) is 5.38. The van der Waals surface area contributed by atoms with E-state index in [0.717, 1.165) is 0 Å². The summed E-state index contributed by atoms with van der Waals surface area (Å²) in [6.07, 6.45) is 1.19. The quantitative estimate of drug-likeness (QED) is 0.725. The zero-order valence-electron chi connectivity index (χ0n) is 14.1. The van der Waals surface area contributed by atoms with E-state index >= 15 is 0 Å². The molecule has 0 spiro atoms. The van der Waals surface area contributed by atoms with Gasteiger partial charge >= 0.3 is 0 Å². The van der Waals surface area contributed by atoms with Crippen LogP contribution in [0.4, 0.5) is 4.39 Å². The van der Waals surface area contributed by atoms with E-state index in [9.17, 15) is 9.18 Å². The summed E-state index contributed by atoms with van der Waals surface area (Å²) < 4.78 is 22.6. The maximum atomic E-state index is 13.2. The zero-order chi connectivity index (χ0) is 18.8. The van der Waals surface area contributed by atoms with Crippen molar-refractivity contribution in [3.8, 4) is 17.1 Å². The van der Waals surface area contributed by atoms with E-state index in [-0.39, 0.29) is 18.3 Å². The van der Waals surface area contributed by atoms with Crippen molar-refractivity contribution in [1.82, 2.24) is 15.5 Å². The predicted molar refractivity (Wildman–Crippen MR) is 92.1 cm³/mol. The second-order valence-corrected chi connectivity index (χ2v) is 4.95. The molecule has 0 fully saturated rings. The van der Waals surface area contributed by atoms with Crippen molar-refractivity contribution in [2.24, 2.45) is 0 Å². The molecule has 1 amide bonds. The lowest BCUT2D eigenvalue weighted by molar-refractivity contribution is 0.0945. The van der Waals surface area contributed by atoms with Crippen LogP contribution in [0.25, 0.3) is 11.4 Å². The Bertz CT molecular complexity index is 811. The molecule has 0 aliphatic carbocycles. The van der Waals surface area contributed by atoms with Crippen LogP contribution in [0.2, 0.25) is 0 Å². The van der Waals surface area contributed by atoms with Gasteiger partial charge in [0.05, 0.1) is 13.7 Å². The van der Waals surface area contributed by atoms with E-state index in [0.29, 0.717) is 23.5 Å². The Balaban J connectivity index is 0.000000190. The Morgan fingerprint density at radius 1 is 1.27 bits per heavy atom. The van der Waals surface area contributed by atoms with Gasteiger partial charge in [0.15, 0.2) is 11.6 Å². The largest absolute Gasteiger partial charge is 0.494 e. The highest BCUT2D eigenvalue weighted by Crippen LogP contribution is 2.22. The first kappa shape index (κ1) is 19.1. The lowest BCUT2D eigenvalue weighted by Gasteiger charge is -2.01. The molecule has 0 bridgehead atoms. The molecule has 3 aromatic rings. The minimum Gasteiger partial charge on any atom is -0.494 e. The third-order valence-corrected chi connectivity index (χ3v) is 3.20. The summed E-state index contributed by atoms with van der Waals surface area (Å²) in [5, 5.41) is 14.6. The molecule has 0 unspecified atom stereocenters. The SMILES string of the molecule is COc1ccc(-c2ncon2)cc1F.O=C(NCCO)c1ccccc1. The van der Waals surface area contributed by atoms with Crippen molar-refractivity contribution >= 4 is 5.91 Å². The Hall–Kier alpha value is -3.26. The van der Waals surface area contributed by atoms with E-state index < -0.39 is 5.82 Å². The van der Waals surface area contributed by atoms with Crippen LogP contribution >= 0.6 is 0 Å². The Morgan fingerprint density at radius 2 is 2.04 bits per heavy atom. The number of carbonyl (C=O) groups excluding carboxylic acids is 1. The lowest BCUT2D eigenvalue weighted by atomic mass is 10.2. The molecule has 1 aromatic heterocycles. The molecule has 0 aliphatic rings. The van der Waals surface area contributed by atoms with Crippen molar-refractivity contribution in [2.45, 2.75) is 0 Å². The second kappa shape index (κ2) is 9.90. The van der Waals surface area contributed by atoms with Gasteiger partial charge in [0.1, 0.15) is 0 Å². The number of rotatable bonds is 5. The molecule has 0 atom stereocenters. The van der Waals surface area contributed by atoms with Crippen molar-refractivity contribution in [3.05, 3.63) is 66.3 Å². The molecule has 0 saturated carbocycles. The van der Waals surface area contributed by atoms with Crippen molar-refractivity contribution in [2.75, 3.05) is 20.3 Å². The fourth-order valence-electron chi connectivity index (χ4n) is 1.96. The van der Waals surface area contributed by atoms with Gasteiger partial charge in [-0.3, -0.25) is 4.79 Å². The van der Waals surface area contributed by atoms with Crippen LogP contribution in [0.5, 0.6) is 5.75 Å². The summed E-state index contributed by atoms with van der Waals surface area (Å²) in [6, 6.07) is 13.4. The molecule has 0 aliphatic heterocycles. The van der Waals surface area contributed by atoms with Gasteiger partial charge in [-0.1, -0.05) is 23.4 Å². The summed E-state index contributed by atoms with van der Waals surface area (Å²) in [5.41, 5.74) is 1.17. The van der Waals surface area contributed by atoms with Crippen molar-refractivity contribution < 1.29 is 23.6 Å². The maximum Gasteiger partial charge on any atom is 0.251 e. The number of hydrogen-bond donors (Lipinski definition) is 2. The van der Waals surface area contributed by atoms with E-state index in [1.165, 1.54) is 25.6 Å². The Labute approximate surface area is 149 Å². The molecule has 136 valence electrons. The van der Waals surface area contributed by atoms with Gasteiger partial charge < -0.3 is 19.7 Å². The highest BCUT2D eigenvalue weighted by molar-refractivity contribution is 5.94. The topological polar surface area (TPSA) is 97.5 Å². The number of halogens is 1. The Kier molecular flexibility index (Phi) is 7.26. The first-order valence-electron chi connectivity index (χ1n) is 7.70. The Morgan fingerprint density at radius 3 is 2.62 bits per heavy atom. The van der Waals surface area contributed by atoms with Gasteiger partial charge in [-0.25, -0.2) is 4.39 Å². The predicted octanol–water partition coefficient (Wildman–Crippen LogP) is 2.29. The van der Waals surface area contributed by atoms with Crippen LogP contribution in [0.3, 0.4) is 0 Å². The van der Waals surface area contributed by atoms with Crippen LogP contribution in [0.15, 0.2) is 59.4 Å². The standard InChI is InChI=1S/C9H7FN2O2.C9H11NO2/c1-13-8-3-2-6(4-7(8)10)9-11-5-14-12-9;11-7-6-10-9(12)8-4-2-1-3-5-8/h2-5H,1H3;1-5,11H,6-7H2,(H,10,12). The second-order valence-electron chi connectivity index (χ2n) is 4.95. The normalized spacial score (nSPS) is 9.81. The first-order valence-corrected chi connectivity index (χ1v) is 7.70. The average Bonchev–Trinajstić information content (AvgIpc) is 3.22. The molecule has 0 saturated heterocycles. The van der Waals surface area contributed by atoms with Crippen molar-refractivity contribution in [1.29, 1.82) is 0 Å². The fourth-order valence-corrected chi connectivity index (χ4v) is 1.96. The molecular weight excluding hydrogens is 341 g/mol. The van der Waals surface area contributed by atoms with Gasteiger partial charge in [0.2, 0.25) is 12.2 Å². The van der Waals surface area contributed by atoms with Crippen LogP contribution in [0.1, 0.15) is 10.4 Å². The number of carbonyl (C=O) groups is 1. The van der Waals surface area contributed by atoms with Crippen LogP contribution in [-0.2, 0) is 0 Å². The van der Waals surface area contributed by atoms with Gasteiger partial charge in [-0.2, -0.15) is 4.98 Å². The third-order valence-electron chi connectivity index (χ3n) is 3.20. The van der Waals surface area contributed by atoms with Gasteiger partial charge in [-0.15, -0.1) is 0 Å². The zero-order valence-corrected chi connectivity index (χ0v) is 14.1. The number of methoxy groups -OCH3 is 1. The summed E-state index contributed by atoms with van der Waals surface area (Å²) in [5.74, 6) is -0.0525. The molecule has 2 N–H and O–H groups in total. The minimum atomic E-state index is -0.449. The van der Waals surface area contributed by atoms with Gasteiger partial charge in [0, 0.05) is 17.7 Å². The average molecular weight is 359 g/mol. The monoisotopic (exact) mass is 359 g/mol. The highest BCUT2D eigenvalue weighted by atomic mass is 19.1. The number of benzene rings is 2. The van der Waals surface area contributed by atoms with E-state index in [1.54, 1.807) is 30.3 Å². The van der Waals surface area contributed by atoms with Gasteiger partial charge in [-0.05, 0) is 30.3 Å². The number of amides is 1. The summed E-state index contributed by atoms with van der Waals surface area (Å²) in [4.78, 5) is 15.0. The summed E-state index contributed by atoms with van der Waals surface area (Å²) in [6.45, 7) is 0.270. The van der Waals surface area contributed by atoms with Crippen LogP contribution in [-0.4, -0.2) is 41.4 Å². The lowest BCUT2D eigenvalue weighted by Crippen LogP contribution is -2.26. The molecule has 0 radical (unpaired) electrons. The maximum absolute atomic E-state index is 13.2. The molecule has 1 heterocycles. The molecular formula is C18H18FN3O4. The number of aliphatic hydroxyl groups excluding tert-OH is 1. The van der Waals surface area contributed by atoms with Crippen LogP contribution in [0, 0.1) is 5.82 Å². The number of aromatic nitrogens is 2.